The minimum atomic E-state index is -0.551. The lowest BCUT2D eigenvalue weighted by molar-refractivity contribution is -0.141. The molecule has 0 heterocycles. The summed E-state index contributed by atoms with van der Waals surface area (Å²) in [5.74, 6) is -1.48. The van der Waals surface area contributed by atoms with Crippen LogP contribution >= 0.6 is 0 Å². The van der Waals surface area contributed by atoms with Crippen molar-refractivity contribution in [2.24, 2.45) is 0 Å². The predicted molar refractivity (Wildman–Crippen MR) is 63.4 cm³/mol. The van der Waals surface area contributed by atoms with Gasteiger partial charge in [0.05, 0.1) is 12.7 Å². The van der Waals surface area contributed by atoms with Crippen molar-refractivity contribution in [2.75, 3.05) is 20.2 Å². The van der Waals surface area contributed by atoms with Crippen molar-refractivity contribution >= 4 is 11.9 Å². The van der Waals surface area contributed by atoms with Crippen LogP contribution in [0.25, 0.3) is 0 Å². The fraction of sp³-hybridized carbons (Fsp3) is 0.333. The zero-order valence-electron chi connectivity index (χ0n) is 10.2. The Morgan fingerprint density at radius 2 is 2.00 bits per heavy atom. The van der Waals surface area contributed by atoms with Gasteiger partial charge in [0.1, 0.15) is 18.0 Å². The summed E-state index contributed by atoms with van der Waals surface area (Å²) in [5, 5.41) is 18.9. The second-order valence-electron chi connectivity index (χ2n) is 3.60. The van der Waals surface area contributed by atoms with Gasteiger partial charge in [-0.15, -0.1) is 0 Å². The average Bonchev–Trinajstić information content (AvgIpc) is 2.37. The molecule has 6 nitrogen and oxygen atoms in total. The maximum atomic E-state index is 12.0. The monoisotopic (exact) mass is 253 g/mol. The van der Waals surface area contributed by atoms with E-state index >= 15 is 0 Å². The molecule has 0 unspecified atom stereocenters. The van der Waals surface area contributed by atoms with E-state index in [9.17, 15) is 19.8 Å². The smallest absolute Gasteiger partial charge is 0.325 e. The Morgan fingerprint density at radius 1 is 1.33 bits per heavy atom. The first-order valence-electron chi connectivity index (χ1n) is 5.37. The molecule has 1 amide bonds. The second kappa shape index (κ2) is 5.90. The summed E-state index contributed by atoms with van der Waals surface area (Å²) >= 11 is 0. The number of hydrogen-bond acceptors (Lipinski definition) is 5. The largest absolute Gasteiger partial charge is 0.508 e. The molecule has 0 aliphatic rings. The maximum absolute atomic E-state index is 12.0. The van der Waals surface area contributed by atoms with Crippen molar-refractivity contribution in [1.82, 2.24) is 4.90 Å². The molecule has 0 radical (unpaired) electrons. The Morgan fingerprint density at radius 3 is 2.56 bits per heavy atom. The summed E-state index contributed by atoms with van der Waals surface area (Å²) < 4.78 is 4.48. The van der Waals surface area contributed by atoms with Gasteiger partial charge in [-0.2, -0.15) is 0 Å². The number of nitrogens with zero attached hydrogens (tertiary/aromatic N) is 1. The van der Waals surface area contributed by atoms with Crippen LogP contribution in [0.5, 0.6) is 11.5 Å². The van der Waals surface area contributed by atoms with Crippen LogP contribution in [-0.2, 0) is 9.53 Å². The zero-order chi connectivity index (χ0) is 13.7. The highest BCUT2D eigenvalue weighted by molar-refractivity contribution is 5.98. The molecule has 0 atom stereocenters. The van der Waals surface area contributed by atoms with Crippen molar-refractivity contribution in [2.45, 2.75) is 6.92 Å². The molecule has 0 spiro atoms. The molecule has 6 heteroatoms. The third-order valence-electron chi connectivity index (χ3n) is 2.43. The molecule has 1 aromatic carbocycles. The number of rotatable bonds is 4. The fourth-order valence-electron chi connectivity index (χ4n) is 1.41. The van der Waals surface area contributed by atoms with Crippen molar-refractivity contribution in [1.29, 1.82) is 0 Å². The summed E-state index contributed by atoms with van der Waals surface area (Å²) in [7, 11) is 1.23. The molecule has 2 N–H and O–H groups in total. The number of amides is 1. The quantitative estimate of drug-likeness (QED) is 0.610. The third kappa shape index (κ3) is 3.13. The van der Waals surface area contributed by atoms with E-state index in [2.05, 4.69) is 4.74 Å². The van der Waals surface area contributed by atoms with Gasteiger partial charge < -0.3 is 19.8 Å². The molecule has 0 aliphatic carbocycles. The van der Waals surface area contributed by atoms with Crippen LogP contribution in [0.3, 0.4) is 0 Å². The lowest BCUT2D eigenvalue weighted by Gasteiger charge is -2.19. The molecule has 0 fully saturated rings. The van der Waals surface area contributed by atoms with Crippen molar-refractivity contribution in [3.05, 3.63) is 23.8 Å². The van der Waals surface area contributed by atoms with Crippen LogP contribution in [0.1, 0.15) is 17.3 Å². The van der Waals surface area contributed by atoms with Gasteiger partial charge in [-0.1, -0.05) is 0 Å². The summed E-state index contributed by atoms with van der Waals surface area (Å²) in [4.78, 5) is 24.4. The molecule has 0 aromatic heterocycles. The topological polar surface area (TPSA) is 87.1 Å². The van der Waals surface area contributed by atoms with E-state index in [0.29, 0.717) is 0 Å². The molecule has 98 valence electrons. The van der Waals surface area contributed by atoms with E-state index in [1.165, 1.54) is 24.1 Å². The van der Waals surface area contributed by atoms with E-state index in [-0.39, 0.29) is 30.2 Å². The summed E-state index contributed by atoms with van der Waals surface area (Å²) in [6, 6.07) is 3.63. The molecule has 18 heavy (non-hydrogen) atoms. The number of likely N-dealkylation sites (N-methyl/N-ethyl adjacent to an activating group) is 1. The predicted octanol–water partition coefficient (Wildman–Crippen LogP) is 0.733. The van der Waals surface area contributed by atoms with Crippen molar-refractivity contribution in [3.8, 4) is 11.5 Å². The van der Waals surface area contributed by atoms with Gasteiger partial charge in [0.15, 0.2) is 0 Å². The van der Waals surface area contributed by atoms with E-state index < -0.39 is 11.9 Å². The molecule has 0 saturated carbocycles. The second-order valence-corrected chi connectivity index (χ2v) is 3.60. The maximum Gasteiger partial charge on any atom is 0.325 e. The van der Waals surface area contributed by atoms with Crippen LogP contribution in [0.15, 0.2) is 18.2 Å². The Kier molecular flexibility index (Phi) is 4.53. The van der Waals surface area contributed by atoms with E-state index in [1.807, 2.05) is 0 Å². The van der Waals surface area contributed by atoms with E-state index in [4.69, 9.17) is 0 Å². The number of aromatic hydroxyl groups is 2. The van der Waals surface area contributed by atoms with E-state index in [1.54, 1.807) is 6.92 Å². The number of carbonyl (C=O) groups is 2. The Hall–Kier alpha value is -2.24. The molecular weight excluding hydrogens is 238 g/mol. The van der Waals surface area contributed by atoms with Crippen LogP contribution in [0, 0.1) is 0 Å². The SMILES string of the molecule is CCN(CC(=O)OC)C(=O)c1cc(O)ccc1O. The standard InChI is InChI=1S/C12H15NO5/c1-3-13(7-11(16)18-2)12(17)9-6-8(14)4-5-10(9)15/h4-6,14-15H,3,7H2,1-2H3. The first-order chi connectivity index (χ1) is 8.49. The first-order valence-corrected chi connectivity index (χ1v) is 5.37. The van der Waals surface area contributed by atoms with Gasteiger partial charge >= 0.3 is 5.97 Å². The van der Waals surface area contributed by atoms with Gasteiger partial charge in [-0.3, -0.25) is 9.59 Å². The van der Waals surface area contributed by atoms with Crippen LogP contribution in [-0.4, -0.2) is 47.2 Å². The zero-order valence-corrected chi connectivity index (χ0v) is 10.2. The number of methoxy groups -OCH3 is 1. The summed E-state index contributed by atoms with van der Waals surface area (Å²) in [5.41, 5.74) is -0.0549. The Labute approximate surface area is 104 Å². The van der Waals surface area contributed by atoms with E-state index in [0.717, 1.165) is 6.07 Å². The first kappa shape index (κ1) is 13.8. The molecule has 0 saturated heterocycles. The van der Waals surface area contributed by atoms with Gasteiger partial charge in [-0.05, 0) is 25.1 Å². The molecule has 0 aliphatic heterocycles. The normalized spacial score (nSPS) is 9.89. The van der Waals surface area contributed by atoms with Gasteiger partial charge in [0.25, 0.3) is 5.91 Å². The highest BCUT2D eigenvalue weighted by atomic mass is 16.5. The lowest BCUT2D eigenvalue weighted by atomic mass is 10.1. The molecule has 1 aromatic rings. The molecular formula is C12H15NO5. The Balaban J connectivity index is 2.96. The number of phenolic OH excluding ortho intramolecular Hbond substituents is 2. The number of benzene rings is 1. The number of ether oxygens (including phenoxy) is 1. The van der Waals surface area contributed by atoms with Crippen molar-refractivity contribution in [3.63, 3.8) is 0 Å². The summed E-state index contributed by atoms with van der Waals surface area (Å²) in [6.45, 7) is 1.77. The van der Waals surface area contributed by atoms with Crippen LogP contribution in [0.2, 0.25) is 0 Å². The highest BCUT2D eigenvalue weighted by Crippen LogP contribution is 2.23. The minimum absolute atomic E-state index is 0.0549. The third-order valence-corrected chi connectivity index (χ3v) is 2.43. The van der Waals surface area contributed by atoms with Gasteiger partial charge in [-0.25, -0.2) is 0 Å². The van der Waals surface area contributed by atoms with Crippen LogP contribution < -0.4 is 0 Å². The number of esters is 1. The number of hydrogen-bond donors (Lipinski definition) is 2. The number of carbonyl (C=O) groups excluding carboxylic acids is 2. The fourth-order valence-corrected chi connectivity index (χ4v) is 1.41. The Bertz CT molecular complexity index is 458. The van der Waals surface area contributed by atoms with Crippen molar-refractivity contribution < 1.29 is 24.5 Å². The number of phenols is 2. The highest BCUT2D eigenvalue weighted by Gasteiger charge is 2.20. The average molecular weight is 253 g/mol. The lowest BCUT2D eigenvalue weighted by Crippen LogP contribution is -2.36. The summed E-state index contributed by atoms with van der Waals surface area (Å²) in [6.07, 6.45) is 0. The minimum Gasteiger partial charge on any atom is -0.508 e. The van der Waals surface area contributed by atoms with Gasteiger partial charge in [0, 0.05) is 6.54 Å². The van der Waals surface area contributed by atoms with Gasteiger partial charge in [0.2, 0.25) is 0 Å². The van der Waals surface area contributed by atoms with Crippen LogP contribution in [0.4, 0.5) is 0 Å². The molecule has 1 rings (SSSR count). The molecule has 0 bridgehead atoms.